The molecule has 0 aliphatic heterocycles. The van der Waals surface area contributed by atoms with Gasteiger partial charge >= 0.3 is 0 Å². The van der Waals surface area contributed by atoms with E-state index in [1.165, 1.54) is 11.8 Å². The number of carbonyl (C=O) groups excluding carboxylic acids is 1. The zero-order valence-electron chi connectivity index (χ0n) is 20.0. The van der Waals surface area contributed by atoms with Gasteiger partial charge in [0.05, 0.1) is 25.9 Å². The lowest BCUT2D eigenvalue weighted by molar-refractivity contribution is -0.115. The van der Waals surface area contributed by atoms with E-state index in [1.54, 1.807) is 14.2 Å². The maximum absolute atomic E-state index is 13.6. The van der Waals surface area contributed by atoms with E-state index in [4.69, 9.17) is 9.47 Å². The first-order chi connectivity index (χ1) is 17.1. The first-order valence-electron chi connectivity index (χ1n) is 11.3. The highest BCUT2D eigenvalue weighted by atomic mass is 32.2. The minimum atomic E-state index is -0.560. The molecule has 4 aromatic rings. The van der Waals surface area contributed by atoms with Crippen LogP contribution in [0.25, 0.3) is 11.4 Å². The van der Waals surface area contributed by atoms with Crippen LogP contribution in [0.15, 0.2) is 84.0 Å². The van der Waals surface area contributed by atoms with Gasteiger partial charge in [0.25, 0.3) is 0 Å². The molecule has 3 aromatic carbocycles. The van der Waals surface area contributed by atoms with Crippen LogP contribution < -0.4 is 10.1 Å². The number of nitrogens with zero attached hydrogens (tertiary/aromatic N) is 3. The van der Waals surface area contributed by atoms with Crippen LogP contribution in [0.5, 0.6) is 5.75 Å². The lowest BCUT2D eigenvalue weighted by Crippen LogP contribution is -2.20. The summed E-state index contributed by atoms with van der Waals surface area (Å²) in [6.45, 7) is 3.03. The standard InChI is InChI=1S/C27H28N4O3S/c1-19-14-15-23(34-3)22(18-19)28-26(32)24(20-10-6-4-7-11-20)35-27-30-29-25(31(27)16-17-33-2)21-12-8-5-9-13-21/h4-15,18,24H,16-17H2,1-3H3,(H,28,32)/t24-/m0/s1. The monoisotopic (exact) mass is 488 g/mol. The number of benzene rings is 3. The highest BCUT2D eigenvalue weighted by Gasteiger charge is 2.27. The summed E-state index contributed by atoms with van der Waals surface area (Å²) in [7, 11) is 3.25. The molecule has 1 heterocycles. The summed E-state index contributed by atoms with van der Waals surface area (Å²) in [6.07, 6.45) is 0. The third-order valence-corrected chi connectivity index (χ3v) is 6.68. The number of rotatable bonds is 10. The number of aromatic nitrogens is 3. The minimum absolute atomic E-state index is 0.173. The molecule has 0 saturated heterocycles. The van der Waals surface area contributed by atoms with Crippen LogP contribution in [-0.2, 0) is 16.1 Å². The van der Waals surface area contributed by atoms with Crippen LogP contribution in [-0.4, -0.2) is 41.5 Å². The van der Waals surface area contributed by atoms with Gasteiger partial charge < -0.3 is 14.8 Å². The fraction of sp³-hybridized carbons (Fsp3) is 0.222. The largest absolute Gasteiger partial charge is 0.495 e. The molecule has 1 aromatic heterocycles. The molecule has 0 bridgehead atoms. The zero-order chi connectivity index (χ0) is 24.6. The number of amides is 1. The van der Waals surface area contributed by atoms with Crippen LogP contribution in [0.2, 0.25) is 0 Å². The summed E-state index contributed by atoms with van der Waals surface area (Å²) >= 11 is 1.36. The number of aryl methyl sites for hydroxylation is 1. The zero-order valence-corrected chi connectivity index (χ0v) is 20.8. The van der Waals surface area contributed by atoms with Gasteiger partial charge in [0.1, 0.15) is 11.0 Å². The number of hydrogen-bond donors (Lipinski definition) is 1. The van der Waals surface area contributed by atoms with E-state index in [0.29, 0.717) is 29.7 Å². The van der Waals surface area contributed by atoms with Gasteiger partial charge in [-0.2, -0.15) is 0 Å². The van der Waals surface area contributed by atoms with Crippen LogP contribution in [0, 0.1) is 6.92 Å². The molecule has 0 aliphatic rings. The van der Waals surface area contributed by atoms with Crippen molar-refractivity contribution < 1.29 is 14.3 Å². The Morgan fingerprint density at radius 2 is 1.71 bits per heavy atom. The van der Waals surface area contributed by atoms with Crippen LogP contribution in [0.1, 0.15) is 16.4 Å². The van der Waals surface area contributed by atoms with Gasteiger partial charge in [0, 0.05) is 12.7 Å². The summed E-state index contributed by atoms with van der Waals surface area (Å²) in [4.78, 5) is 13.6. The van der Waals surface area contributed by atoms with E-state index in [9.17, 15) is 4.79 Å². The summed E-state index contributed by atoms with van der Waals surface area (Å²) in [5.74, 6) is 1.17. The second kappa shape index (κ2) is 11.7. The van der Waals surface area contributed by atoms with E-state index in [-0.39, 0.29) is 5.91 Å². The molecule has 1 atom stereocenters. The average molecular weight is 489 g/mol. The molecule has 35 heavy (non-hydrogen) atoms. The number of nitrogens with one attached hydrogen (secondary N) is 1. The summed E-state index contributed by atoms with van der Waals surface area (Å²) in [5, 5.41) is 12.1. The molecule has 7 nitrogen and oxygen atoms in total. The molecule has 180 valence electrons. The molecular weight excluding hydrogens is 460 g/mol. The Balaban J connectivity index is 1.69. The number of hydrogen-bond acceptors (Lipinski definition) is 6. The lowest BCUT2D eigenvalue weighted by atomic mass is 10.1. The fourth-order valence-corrected chi connectivity index (χ4v) is 4.75. The second-order valence-corrected chi connectivity index (χ2v) is 8.99. The Bertz CT molecular complexity index is 1260. The van der Waals surface area contributed by atoms with Gasteiger partial charge in [-0.1, -0.05) is 78.5 Å². The smallest absolute Gasteiger partial charge is 0.242 e. The van der Waals surface area contributed by atoms with Crippen molar-refractivity contribution in [2.75, 3.05) is 26.1 Å². The molecule has 0 saturated carbocycles. The molecule has 4 rings (SSSR count). The highest BCUT2D eigenvalue weighted by molar-refractivity contribution is 8.00. The third-order valence-electron chi connectivity index (χ3n) is 5.44. The second-order valence-electron chi connectivity index (χ2n) is 7.92. The maximum atomic E-state index is 13.6. The van der Waals surface area contributed by atoms with E-state index in [0.717, 1.165) is 22.5 Å². The van der Waals surface area contributed by atoms with Crippen LogP contribution >= 0.6 is 11.8 Å². The predicted octanol–water partition coefficient (Wildman–Crippen LogP) is 5.38. The lowest BCUT2D eigenvalue weighted by Gasteiger charge is -2.19. The van der Waals surface area contributed by atoms with Crippen molar-refractivity contribution in [1.29, 1.82) is 0 Å². The highest BCUT2D eigenvalue weighted by Crippen LogP contribution is 2.37. The van der Waals surface area contributed by atoms with Gasteiger partial charge in [-0.15, -0.1) is 10.2 Å². The first kappa shape index (κ1) is 24.5. The molecular formula is C27H28N4O3S. The Morgan fingerprint density at radius 3 is 2.40 bits per heavy atom. The first-order valence-corrected chi connectivity index (χ1v) is 12.1. The van der Waals surface area contributed by atoms with Crippen molar-refractivity contribution in [2.45, 2.75) is 23.9 Å². The minimum Gasteiger partial charge on any atom is -0.495 e. The van der Waals surface area contributed by atoms with Crippen molar-refractivity contribution in [1.82, 2.24) is 14.8 Å². The number of ether oxygens (including phenoxy) is 2. The Hall–Kier alpha value is -3.62. The fourth-order valence-electron chi connectivity index (χ4n) is 3.68. The van der Waals surface area contributed by atoms with Crippen molar-refractivity contribution >= 4 is 23.4 Å². The van der Waals surface area contributed by atoms with Crippen LogP contribution in [0.3, 0.4) is 0 Å². The molecule has 0 radical (unpaired) electrons. The van der Waals surface area contributed by atoms with Gasteiger partial charge in [-0.05, 0) is 30.2 Å². The average Bonchev–Trinajstić information content (AvgIpc) is 3.29. The molecule has 8 heteroatoms. The van der Waals surface area contributed by atoms with Gasteiger partial charge in [-0.3, -0.25) is 9.36 Å². The molecule has 1 amide bonds. The number of anilines is 1. The van der Waals surface area contributed by atoms with Crippen molar-refractivity contribution in [3.63, 3.8) is 0 Å². The Labute approximate surface area is 209 Å². The Kier molecular flexibility index (Phi) is 8.18. The number of methoxy groups -OCH3 is 2. The SMILES string of the molecule is COCCn1c(S[C@H](C(=O)Nc2cc(C)ccc2OC)c2ccccc2)nnc1-c1ccccc1. The van der Waals surface area contributed by atoms with Crippen molar-refractivity contribution in [2.24, 2.45) is 0 Å². The van der Waals surface area contributed by atoms with Gasteiger partial charge in [0.15, 0.2) is 11.0 Å². The summed E-state index contributed by atoms with van der Waals surface area (Å²) < 4.78 is 12.8. The third kappa shape index (κ3) is 5.90. The molecule has 0 unspecified atom stereocenters. The van der Waals surface area contributed by atoms with E-state index in [2.05, 4.69) is 15.5 Å². The molecule has 0 spiro atoms. The topological polar surface area (TPSA) is 78.3 Å². The molecule has 0 fully saturated rings. The maximum Gasteiger partial charge on any atom is 0.242 e. The predicted molar refractivity (Wildman–Crippen MR) is 139 cm³/mol. The number of thioether (sulfide) groups is 1. The normalized spacial score (nSPS) is 11.7. The van der Waals surface area contributed by atoms with Gasteiger partial charge in [-0.25, -0.2) is 0 Å². The Morgan fingerprint density at radius 1 is 1.00 bits per heavy atom. The van der Waals surface area contributed by atoms with Gasteiger partial charge in [0.2, 0.25) is 5.91 Å². The van der Waals surface area contributed by atoms with Crippen molar-refractivity contribution in [3.05, 3.63) is 90.0 Å². The van der Waals surface area contributed by atoms with E-state index in [1.807, 2.05) is 90.4 Å². The molecule has 1 N–H and O–H groups in total. The molecule has 0 aliphatic carbocycles. The van der Waals surface area contributed by atoms with Crippen LogP contribution in [0.4, 0.5) is 5.69 Å². The quantitative estimate of drug-likeness (QED) is 0.302. The van der Waals surface area contributed by atoms with E-state index < -0.39 is 5.25 Å². The summed E-state index contributed by atoms with van der Waals surface area (Å²) in [6, 6.07) is 25.2. The van der Waals surface area contributed by atoms with E-state index >= 15 is 0 Å². The summed E-state index contributed by atoms with van der Waals surface area (Å²) in [5.41, 5.74) is 3.47. The number of carbonyl (C=O) groups is 1. The van der Waals surface area contributed by atoms with Crippen molar-refractivity contribution in [3.8, 4) is 17.1 Å².